The lowest BCUT2D eigenvalue weighted by Gasteiger charge is -2.33. The fraction of sp³-hybridized carbons (Fsp3) is 0.588. The summed E-state index contributed by atoms with van der Waals surface area (Å²) in [6.45, 7) is 3.36. The number of alkyl halides is 3. The van der Waals surface area contributed by atoms with Crippen LogP contribution >= 0.6 is 0 Å². The molecule has 3 atom stereocenters. The van der Waals surface area contributed by atoms with Crippen LogP contribution in [0.5, 0.6) is 5.75 Å². The van der Waals surface area contributed by atoms with Crippen LogP contribution in [0.3, 0.4) is 0 Å². The van der Waals surface area contributed by atoms with Crippen molar-refractivity contribution in [1.82, 2.24) is 0 Å². The molecule has 1 amide bonds. The van der Waals surface area contributed by atoms with Gasteiger partial charge in [0.05, 0.1) is 18.6 Å². The molecule has 138 valence electrons. The molecule has 0 saturated heterocycles. The summed E-state index contributed by atoms with van der Waals surface area (Å²) >= 11 is 0. The van der Waals surface area contributed by atoms with Crippen molar-refractivity contribution in [1.29, 1.82) is 0 Å². The summed E-state index contributed by atoms with van der Waals surface area (Å²) in [6, 6.07) is 2.46. The van der Waals surface area contributed by atoms with Crippen LogP contribution in [-0.2, 0) is 16.6 Å². The normalized spacial score (nSPS) is 28.4. The number of nitrogens with two attached hydrogens (primary N) is 1. The molecule has 3 N–H and O–H groups in total. The highest BCUT2D eigenvalue weighted by molar-refractivity contribution is 5.82. The van der Waals surface area contributed by atoms with Gasteiger partial charge in [0.25, 0.3) is 0 Å². The Bertz CT molecular complexity index is 731. The van der Waals surface area contributed by atoms with E-state index < -0.39 is 47.2 Å². The van der Waals surface area contributed by atoms with Gasteiger partial charge in [-0.2, -0.15) is 13.2 Å². The van der Waals surface area contributed by atoms with Crippen molar-refractivity contribution in [3.63, 3.8) is 0 Å². The van der Waals surface area contributed by atoms with Crippen molar-refractivity contribution in [2.24, 2.45) is 17.1 Å². The number of fused-ring (bicyclic) bond motifs is 1. The number of primary amides is 1. The summed E-state index contributed by atoms with van der Waals surface area (Å²) in [4.78, 5) is 11.4. The molecule has 4 nitrogen and oxygen atoms in total. The van der Waals surface area contributed by atoms with E-state index in [1.165, 1.54) is 19.9 Å². The SMILES string of the molecule is CC(C)(C[C@]1(C(F)(F)F)C(O)[C@H]1C(N)=O)c1cc(F)cc2c1OCC2. The Morgan fingerprint density at radius 2 is 2.04 bits per heavy atom. The zero-order valence-electron chi connectivity index (χ0n) is 13.8. The Labute approximate surface area is 142 Å². The van der Waals surface area contributed by atoms with Crippen LogP contribution in [0.1, 0.15) is 31.4 Å². The molecule has 1 fully saturated rings. The largest absolute Gasteiger partial charge is 0.493 e. The Hall–Kier alpha value is -1.83. The van der Waals surface area contributed by atoms with Gasteiger partial charge >= 0.3 is 6.18 Å². The molecule has 1 aliphatic heterocycles. The molecule has 0 radical (unpaired) electrons. The van der Waals surface area contributed by atoms with Gasteiger partial charge in [-0.1, -0.05) is 13.8 Å². The first-order valence-corrected chi connectivity index (χ1v) is 7.91. The fourth-order valence-corrected chi connectivity index (χ4v) is 4.09. The second kappa shape index (κ2) is 5.33. The van der Waals surface area contributed by atoms with Crippen LogP contribution in [0.4, 0.5) is 17.6 Å². The second-order valence-electron chi connectivity index (χ2n) is 7.46. The molecule has 0 bridgehead atoms. The van der Waals surface area contributed by atoms with Crippen LogP contribution in [0.25, 0.3) is 0 Å². The Kier molecular flexibility index (Phi) is 3.83. The van der Waals surface area contributed by atoms with Crippen molar-refractivity contribution in [2.75, 3.05) is 6.61 Å². The quantitative estimate of drug-likeness (QED) is 0.809. The zero-order valence-corrected chi connectivity index (χ0v) is 13.8. The van der Waals surface area contributed by atoms with Gasteiger partial charge in [-0.15, -0.1) is 0 Å². The lowest BCUT2D eigenvalue weighted by atomic mass is 9.73. The molecule has 1 unspecified atom stereocenters. The predicted molar refractivity (Wildman–Crippen MR) is 80.4 cm³/mol. The van der Waals surface area contributed by atoms with E-state index in [9.17, 15) is 27.5 Å². The Balaban J connectivity index is 2.03. The molecule has 3 rings (SSSR count). The lowest BCUT2D eigenvalue weighted by Crippen LogP contribution is -2.37. The molecule has 1 saturated carbocycles. The van der Waals surface area contributed by atoms with Gasteiger partial charge in [-0.3, -0.25) is 4.79 Å². The van der Waals surface area contributed by atoms with E-state index in [1.54, 1.807) is 0 Å². The van der Waals surface area contributed by atoms with Crippen LogP contribution < -0.4 is 10.5 Å². The third-order valence-corrected chi connectivity index (χ3v) is 5.34. The highest BCUT2D eigenvalue weighted by atomic mass is 19.4. The predicted octanol–water partition coefficient (Wildman–Crippen LogP) is 2.45. The summed E-state index contributed by atoms with van der Waals surface area (Å²) in [6.07, 6.45) is -6.84. The summed E-state index contributed by atoms with van der Waals surface area (Å²) in [7, 11) is 0. The van der Waals surface area contributed by atoms with E-state index in [4.69, 9.17) is 10.5 Å². The van der Waals surface area contributed by atoms with Gasteiger partial charge in [0, 0.05) is 17.5 Å². The van der Waals surface area contributed by atoms with Gasteiger partial charge in [0.1, 0.15) is 17.0 Å². The smallest absolute Gasteiger partial charge is 0.397 e. The number of benzene rings is 1. The molecule has 1 aromatic rings. The average molecular weight is 361 g/mol. The van der Waals surface area contributed by atoms with E-state index in [2.05, 4.69) is 0 Å². The number of aliphatic hydroxyl groups is 1. The minimum absolute atomic E-state index is 0.297. The third-order valence-electron chi connectivity index (χ3n) is 5.34. The number of amides is 1. The number of carbonyl (C=O) groups excluding carboxylic acids is 1. The van der Waals surface area contributed by atoms with E-state index in [0.717, 1.165) is 6.07 Å². The first-order chi connectivity index (χ1) is 11.4. The highest BCUT2D eigenvalue weighted by Gasteiger charge is 2.80. The summed E-state index contributed by atoms with van der Waals surface area (Å²) in [5, 5.41) is 9.87. The molecule has 25 heavy (non-hydrogen) atoms. The minimum atomic E-state index is -4.82. The monoisotopic (exact) mass is 361 g/mol. The standard InChI is InChI=1S/C17H19F4NO3/c1-15(2,10-6-9(18)5-8-3-4-25-12(8)10)7-16(17(19,20)21)11(13(16)23)14(22)24/h5-6,11,13,23H,3-4,7H2,1-2H3,(H2,22,24)/t11-,13?,16+/m0/s1. The first kappa shape index (κ1) is 18.0. The number of hydrogen-bond donors (Lipinski definition) is 2. The van der Waals surface area contributed by atoms with Crippen molar-refractivity contribution in [3.05, 3.63) is 29.1 Å². The Morgan fingerprint density at radius 1 is 1.40 bits per heavy atom. The van der Waals surface area contributed by atoms with Gasteiger partial charge in [-0.05, 0) is 24.0 Å². The first-order valence-electron chi connectivity index (χ1n) is 7.91. The number of halogens is 4. The number of aliphatic hydroxyl groups excluding tert-OH is 1. The summed E-state index contributed by atoms with van der Waals surface area (Å²) < 4.78 is 60.5. The van der Waals surface area contributed by atoms with Crippen molar-refractivity contribution in [2.45, 2.75) is 44.4 Å². The van der Waals surface area contributed by atoms with Crippen molar-refractivity contribution < 1.29 is 32.2 Å². The van der Waals surface area contributed by atoms with Gasteiger partial charge < -0.3 is 15.6 Å². The van der Waals surface area contributed by atoms with E-state index in [1.807, 2.05) is 0 Å². The maximum Gasteiger partial charge on any atom is 0.397 e. The number of ether oxygens (including phenoxy) is 1. The number of carbonyl (C=O) groups is 1. The maximum atomic E-state index is 13.9. The van der Waals surface area contributed by atoms with Gasteiger partial charge in [0.2, 0.25) is 5.91 Å². The summed E-state index contributed by atoms with van der Waals surface area (Å²) in [5.41, 5.74) is 2.13. The molecular formula is C17H19F4NO3. The minimum Gasteiger partial charge on any atom is -0.493 e. The van der Waals surface area contributed by atoms with Crippen molar-refractivity contribution >= 4 is 5.91 Å². The van der Waals surface area contributed by atoms with Crippen LogP contribution in [0.15, 0.2) is 12.1 Å². The average Bonchev–Trinajstić information content (AvgIpc) is 2.84. The molecule has 1 aromatic carbocycles. The van der Waals surface area contributed by atoms with Crippen LogP contribution in [-0.4, -0.2) is 29.9 Å². The molecular weight excluding hydrogens is 342 g/mol. The Morgan fingerprint density at radius 3 is 2.56 bits per heavy atom. The van der Waals surface area contributed by atoms with Crippen LogP contribution in [0.2, 0.25) is 0 Å². The fourth-order valence-electron chi connectivity index (χ4n) is 4.09. The molecule has 8 heteroatoms. The number of rotatable bonds is 4. The maximum absolute atomic E-state index is 13.9. The van der Waals surface area contributed by atoms with Gasteiger partial charge in [0.15, 0.2) is 0 Å². The van der Waals surface area contributed by atoms with E-state index >= 15 is 0 Å². The highest BCUT2D eigenvalue weighted by Crippen LogP contribution is 2.67. The van der Waals surface area contributed by atoms with Gasteiger partial charge in [-0.25, -0.2) is 4.39 Å². The molecule has 1 aliphatic carbocycles. The number of hydrogen-bond acceptors (Lipinski definition) is 3. The second-order valence-corrected chi connectivity index (χ2v) is 7.46. The molecule has 2 aliphatic rings. The molecule has 0 aromatic heterocycles. The van der Waals surface area contributed by atoms with Crippen LogP contribution in [0, 0.1) is 17.2 Å². The zero-order chi connectivity index (χ0) is 18.8. The van der Waals surface area contributed by atoms with Crippen molar-refractivity contribution in [3.8, 4) is 5.75 Å². The van der Waals surface area contributed by atoms with E-state index in [-0.39, 0.29) is 0 Å². The molecule has 0 spiro atoms. The topological polar surface area (TPSA) is 72.5 Å². The summed E-state index contributed by atoms with van der Waals surface area (Å²) in [5.74, 6) is -3.07. The lowest BCUT2D eigenvalue weighted by molar-refractivity contribution is -0.206. The van der Waals surface area contributed by atoms with E-state index in [0.29, 0.717) is 29.9 Å². The molecule has 1 heterocycles. The third kappa shape index (κ3) is 2.58.